The third-order valence-corrected chi connectivity index (χ3v) is 7.77. The molecule has 0 heterocycles. The van der Waals surface area contributed by atoms with Crippen molar-refractivity contribution >= 4 is 33.1 Å². The maximum atomic E-state index is 13.1. The number of amides is 1. The van der Waals surface area contributed by atoms with Gasteiger partial charge >= 0.3 is 0 Å². The lowest BCUT2D eigenvalue weighted by atomic mass is 9.86. The number of carbonyl (C=O) groups is 2. The molecular weight excluding hydrogens is 520 g/mol. The van der Waals surface area contributed by atoms with Crippen LogP contribution in [0, 0.1) is 6.92 Å². The van der Waals surface area contributed by atoms with E-state index in [1.54, 1.807) is 54.6 Å². The van der Waals surface area contributed by atoms with E-state index in [2.05, 4.69) is 26.1 Å². The van der Waals surface area contributed by atoms with Crippen molar-refractivity contribution in [3.05, 3.63) is 130 Å². The largest absolute Gasteiger partial charge is 0.322 e. The molecule has 1 amide bonds. The molecule has 0 fully saturated rings. The highest BCUT2D eigenvalue weighted by Gasteiger charge is 2.19. The molecule has 6 nitrogen and oxygen atoms in total. The van der Waals surface area contributed by atoms with Gasteiger partial charge in [0.1, 0.15) is 0 Å². The molecular formula is C33H34N2O4S. The van der Waals surface area contributed by atoms with Gasteiger partial charge < -0.3 is 5.32 Å². The molecule has 0 aromatic heterocycles. The molecule has 0 saturated heterocycles. The number of nitrogens with zero attached hydrogens (tertiary/aromatic N) is 1. The highest BCUT2D eigenvalue weighted by atomic mass is 32.2. The fourth-order valence-electron chi connectivity index (χ4n) is 4.34. The standard InChI is InChI=1S/C33H34N2O4S/c1-23-8-6-11-30(20-23)35(40(5,38)39)22-24-12-14-26(15-13-24)32(37)34-29-10-7-9-27(21-29)31(36)25-16-18-28(19-17-25)33(2,3)4/h6-21H,22H2,1-5H3,(H,34,37). The molecule has 206 valence electrons. The van der Waals surface area contributed by atoms with Crippen molar-refractivity contribution < 1.29 is 18.0 Å². The Morgan fingerprint density at radius 1 is 0.775 bits per heavy atom. The molecule has 0 aliphatic rings. The van der Waals surface area contributed by atoms with Gasteiger partial charge in [-0.2, -0.15) is 0 Å². The predicted octanol–water partition coefficient (Wildman–Crippen LogP) is 6.74. The minimum absolute atomic E-state index is 0.00190. The van der Waals surface area contributed by atoms with Gasteiger partial charge in [0.2, 0.25) is 10.0 Å². The second kappa shape index (κ2) is 11.5. The van der Waals surface area contributed by atoms with E-state index in [4.69, 9.17) is 0 Å². The average molecular weight is 555 g/mol. The molecule has 0 saturated carbocycles. The van der Waals surface area contributed by atoms with E-state index in [1.165, 1.54) is 10.6 Å². The van der Waals surface area contributed by atoms with Crippen molar-refractivity contribution in [2.75, 3.05) is 15.9 Å². The summed E-state index contributed by atoms with van der Waals surface area (Å²) in [7, 11) is -3.51. The van der Waals surface area contributed by atoms with Crippen LogP contribution in [0.15, 0.2) is 97.1 Å². The van der Waals surface area contributed by atoms with Gasteiger partial charge in [-0.3, -0.25) is 13.9 Å². The number of rotatable bonds is 8. The fraction of sp³-hybridized carbons (Fsp3) is 0.212. The second-order valence-electron chi connectivity index (χ2n) is 11.0. The van der Waals surface area contributed by atoms with Gasteiger partial charge in [-0.1, -0.05) is 81.4 Å². The van der Waals surface area contributed by atoms with Crippen LogP contribution in [0.5, 0.6) is 0 Å². The third kappa shape index (κ3) is 7.04. The lowest BCUT2D eigenvalue weighted by molar-refractivity contribution is 0.102. The summed E-state index contributed by atoms with van der Waals surface area (Å²) in [5.41, 5.74) is 5.43. The minimum Gasteiger partial charge on any atom is -0.322 e. The number of benzene rings is 4. The summed E-state index contributed by atoms with van der Waals surface area (Å²) in [6, 6.07) is 28.6. The van der Waals surface area contributed by atoms with Crippen LogP contribution in [0.3, 0.4) is 0 Å². The summed E-state index contributed by atoms with van der Waals surface area (Å²) in [5.74, 6) is -0.450. The predicted molar refractivity (Wildman–Crippen MR) is 162 cm³/mol. The molecule has 0 aliphatic heterocycles. The van der Waals surface area contributed by atoms with Crippen LogP contribution >= 0.6 is 0 Å². The van der Waals surface area contributed by atoms with Crippen LogP contribution in [-0.2, 0) is 22.0 Å². The Morgan fingerprint density at radius 3 is 2.00 bits per heavy atom. The molecule has 1 N–H and O–H groups in total. The number of carbonyl (C=O) groups excluding carboxylic acids is 2. The van der Waals surface area contributed by atoms with Crippen molar-refractivity contribution in [2.45, 2.75) is 39.7 Å². The monoisotopic (exact) mass is 554 g/mol. The molecule has 0 bridgehead atoms. The molecule has 0 aliphatic carbocycles. The molecule has 4 rings (SSSR count). The van der Waals surface area contributed by atoms with Crippen LogP contribution in [0.2, 0.25) is 0 Å². The number of sulfonamides is 1. The quantitative estimate of drug-likeness (QED) is 0.245. The molecule has 4 aromatic rings. The number of ketones is 1. The Labute approximate surface area is 236 Å². The first-order chi connectivity index (χ1) is 18.8. The number of anilines is 2. The van der Waals surface area contributed by atoms with E-state index in [1.807, 2.05) is 49.4 Å². The number of hydrogen-bond donors (Lipinski definition) is 1. The molecule has 0 atom stereocenters. The smallest absolute Gasteiger partial charge is 0.255 e. The van der Waals surface area contributed by atoms with E-state index in [-0.39, 0.29) is 23.7 Å². The Hall–Kier alpha value is -4.23. The van der Waals surface area contributed by atoms with E-state index in [0.717, 1.165) is 16.7 Å². The summed E-state index contributed by atoms with van der Waals surface area (Å²) in [6.45, 7) is 8.43. The molecule has 0 unspecified atom stereocenters. The van der Waals surface area contributed by atoms with Gasteiger partial charge in [0.25, 0.3) is 5.91 Å². The topological polar surface area (TPSA) is 83.6 Å². The van der Waals surface area contributed by atoms with E-state index in [0.29, 0.717) is 28.1 Å². The summed E-state index contributed by atoms with van der Waals surface area (Å²) in [6.07, 6.45) is 1.18. The average Bonchev–Trinajstić information content (AvgIpc) is 2.90. The zero-order valence-electron chi connectivity index (χ0n) is 23.4. The highest BCUT2D eigenvalue weighted by molar-refractivity contribution is 7.92. The Kier molecular flexibility index (Phi) is 8.26. The van der Waals surface area contributed by atoms with E-state index < -0.39 is 10.0 Å². The molecule has 7 heteroatoms. The van der Waals surface area contributed by atoms with Gasteiger partial charge in [-0.15, -0.1) is 0 Å². The summed E-state index contributed by atoms with van der Waals surface area (Å²) in [5, 5.41) is 2.85. The SMILES string of the molecule is Cc1cccc(N(Cc2ccc(C(=O)Nc3cccc(C(=O)c4ccc(C(C)(C)C)cc4)c3)cc2)S(C)(=O)=O)c1. The highest BCUT2D eigenvalue weighted by Crippen LogP contribution is 2.24. The first-order valence-corrected chi connectivity index (χ1v) is 14.9. The van der Waals surface area contributed by atoms with Crippen LogP contribution in [0.4, 0.5) is 11.4 Å². The Balaban J connectivity index is 1.46. The van der Waals surface area contributed by atoms with Crippen molar-refractivity contribution in [2.24, 2.45) is 0 Å². The third-order valence-electron chi connectivity index (χ3n) is 6.63. The van der Waals surface area contributed by atoms with Crippen LogP contribution in [0.25, 0.3) is 0 Å². The lowest BCUT2D eigenvalue weighted by Crippen LogP contribution is -2.29. The molecule has 40 heavy (non-hydrogen) atoms. The normalized spacial score (nSPS) is 11.6. The lowest BCUT2D eigenvalue weighted by Gasteiger charge is -2.23. The van der Waals surface area contributed by atoms with Gasteiger partial charge in [-0.05, 0) is 65.4 Å². The fourth-order valence-corrected chi connectivity index (χ4v) is 5.22. The van der Waals surface area contributed by atoms with Crippen molar-refractivity contribution in [1.82, 2.24) is 0 Å². The maximum Gasteiger partial charge on any atom is 0.255 e. The maximum absolute atomic E-state index is 13.1. The van der Waals surface area contributed by atoms with Gasteiger partial charge in [0.05, 0.1) is 18.5 Å². The number of hydrogen-bond acceptors (Lipinski definition) is 4. The zero-order valence-corrected chi connectivity index (χ0v) is 24.2. The minimum atomic E-state index is -3.51. The van der Waals surface area contributed by atoms with Gasteiger partial charge in [0.15, 0.2) is 5.78 Å². The van der Waals surface area contributed by atoms with Crippen molar-refractivity contribution in [3.8, 4) is 0 Å². The Bertz CT molecular complexity index is 1640. The second-order valence-corrected chi connectivity index (χ2v) is 12.9. The van der Waals surface area contributed by atoms with Gasteiger partial charge in [-0.25, -0.2) is 8.42 Å². The van der Waals surface area contributed by atoms with Crippen molar-refractivity contribution in [1.29, 1.82) is 0 Å². The molecule has 0 spiro atoms. The number of nitrogens with one attached hydrogen (secondary N) is 1. The zero-order chi connectivity index (χ0) is 29.1. The van der Waals surface area contributed by atoms with E-state index >= 15 is 0 Å². The van der Waals surface area contributed by atoms with Crippen LogP contribution < -0.4 is 9.62 Å². The first-order valence-electron chi connectivity index (χ1n) is 13.0. The molecule has 0 radical (unpaired) electrons. The van der Waals surface area contributed by atoms with Crippen LogP contribution in [0.1, 0.15) is 63.7 Å². The van der Waals surface area contributed by atoms with Gasteiger partial charge in [0, 0.05) is 22.4 Å². The van der Waals surface area contributed by atoms with Crippen molar-refractivity contribution in [3.63, 3.8) is 0 Å². The first kappa shape index (κ1) is 28.8. The number of aryl methyl sites for hydroxylation is 1. The Morgan fingerprint density at radius 2 is 1.40 bits per heavy atom. The van der Waals surface area contributed by atoms with E-state index in [9.17, 15) is 18.0 Å². The molecule has 4 aromatic carbocycles. The summed E-state index contributed by atoms with van der Waals surface area (Å²) < 4.78 is 26.3. The van der Waals surface area contributed by atoms with Crippen LogP contribution in [-0.4, -0.2) is 26.4 Å². The summed E-state index contributed by atoms with van der Waals surface area (Å²) in [4.78, 5) is 26.0. The summed E-state index contributed by atoms with van der Waals surface area (Å²) >= 11 is 0.